The van der Waals surface area contributed by atoms with Gasteiger partial charge in [0.15, 0.2) is 5.82 Å². The maximum absolute atomic E-state index is 5.17. The van der Waals surface area contributed by atoms with E-state index in [4.69, 9.17) is 9.97 Å². The van der Waals surface area contributed by atoms with Gasteiger partial charge in [-0.25, -0.2) is 9.97 Å². The summed E-state index contributed by atoms with van der Waals surface area (Å²) in [6.07, 6.45) is 0. The summed E-state index contributed by atoms with van der Waals surface area (Å²) in [5, 5.41) is 2.33. The van der Waals surface area contributed by atoms with Crippen LogP contribution >= 0.6 is 0 Å². The highest BCUT2D eigenvalue weighted by atomic mass is 15.1. The molecule has 71 heavy (non-hydrogen) atoms. The van der Waals surface area contributed by atoms with E-state index in [1.54, 1.807) is 0 Å². The van der Waals surface area contributed by atoms with Crippen molar-refractivity contribution < 1.29 is 0 Å². The molecule has 12 aromatic rings. The number of hydrogen-bond donors (Lipinski definition) is 0. The summed E-state index contributed by atoms with van der Waals surface area (Å²) < 4.78 is 2.41. The molecule has 0 fully saturated rings. The zero-order valence-electron chi connectivity index (χ0n) is 39.6. The van der Waals surface area contributed by atoms with E-state index in [1.807, 2.05) is 24.3 Å². The zero-order valence-corrected chi connectivity index (χ0v) is 39.6. The van der Waals surface area contributed by atoms with Crippen LogP contribution in [0.3, 0.4) is 0 Å². The van der Waals surface area contributed by atoms with E-state index in [9.17, 15) is 0 Å². The predicted octanol–water partition coefficient (Wildman–Crippen LogP) is 17.8. The van der Waals surface area contributed by atoms with Gasteiger partial charge in [0.1, 0.15) is 0 Å². The minimum atomic E-state index is 0.714. The maximum atomic E-state index is 5.17. The van der Waals surface area contributed by atoms with Crippen molar-refractivity contribution >= 4 is 55.9 Å². The van der Waals surface area contributed by atoms with Crippen molar-refractivity contribution in [3.8, 4) is 50.7 Å². The van der Waals surface area contributed by atoms with Gasteiger partial charge >= 0.3 is 0 Å². The Bertz CT molecular complexity index is 3520. The molecule has 0 atom stereocenters. The van der Waals surface area contributed by atoms with E-state index in [1.165, 1.54) is 21.9 Å². The van der Waals surface area contributed by atoms with Gasteiger partial charge in [-0.15, -0.1) is 0 Å². The molecule has 2 aromatic heterocycles. The molecule has 0 saturated carbocycles. The third-order valence-corrected chi connectivity index (χ3v) is 13.4. The van der Waals surface area contributed by atoms with Crippen molar-refractivity contribution in [2.45, 2.75) is 13.8 Å². The summed E-state index contributed by atoms with van der Waals surface area (Å²) >= 11 is 0. The van der Waals surface area contributed by atoms with Gasteiger partial charge in [-0.3, -0.25) is 0 Å². The van der Waals surface area contributed by atoms with Crippen LogP contribution in [-0.2, 0) is 0 Å². The van der Waals surface area contributed by atoms with Crippen molar-refractivity contribution in [3.63, 3.8) is 0 Å². The minimum Gasteiger partial charge on any atom is -0.310 e. The molecular formula is C66H49N5. The number of rotatable bonds is 11. The second kappa shape index (κ2) is 18.6. The highest BCUT2D eigenvalue weighted by molar-refractivity contribution is 6.12. The molecule has 0 aliphatic carbocycles. The summed E-state index contributed by atoms with van der Waals surface area (Å²) in [4.78, 5) is 14.9. The molecule has 0 radical (unpaired) electrons. The normalized spacial score (nSPS) is 11.2. The van der Waals surface area contributed by atoms with E-state index in [2.05, 4.69) is 265 Å². The number of para-hydroxylation sites is 4. The third kappa shape index (κ3) is 8.30. The molecule has 0 amide bonds. The lowest BCUT2D eigenvalue weighted by atomic mass is 9.93. The van der Waals surface area contributed by atoms with Gasteiger partial charge in [-0.05, 0) is 145 Å². The van der Waals surface area contributed by atoms with Crippen molar-refractivity contribution in [1.82, 2.24) is 14.5 Å². The number of fused-ring (bicyclic) bond motifs is 3. The van der Waals surface area contributed by atoms with Crippen LogP contribution in [0, 0.1) is 13.8 Å². The molecule has 0 aliphatic rings. The quantitative estimate of drug-likeness (QED) is 0.130. The lowest BCUT2D eigenvalue weighted by Crippen LogP contribution is -2.09. The summed E-state index contributed by atoms with van der Waals surface area (Å²) in [5.41, 5.74) is 19.6. The molecule has 0 bridgehead atoms. The van der Waals surface area contributed by atoms with Gasteiger partial charge in [0.05, 0.1) is 22.4 Å². The lowest BCUT2D eigenvalue weighted by molar-refractivity contribution is 1.17. The van der Waals surface area contributed by atoms with E-state index in [0.717, 1.165) is 90.1 Å². The van der Waals surface area contributed by atoms with Gasteiger partial charge in [-0.1, -0.05) is 152 Å². The first-order chi connectivity index (χ1) is 35.0. The summed E-state index contributed by atoms with van der Waals surface area (Å²) in [6.45, 7) is 4.39. The first-order valence-corrected chi connectivity index (χ1v) is 24.2. The fraction of sp³-hybridized carbons (Fsp3) is 0.0303. The second-order valence-corrected chi connectivity index (χ2v) is 18.0. The molecule has 0 N–H and O–H groups in total. The fourth-order valence-electron chi connectivity index (χ4n) is 10.0. The molecule has 338 valence electrons. The number of nitrogens with zero attached hydrogens (tertiary/aromatic N) is 5. The van der Waals surface area contributed by atoms with Gasteiger partial charge in [0.25, 0.3) is 0 Å². The van der Waals surface area contributed by atoms with Crippen LogP contribution in [0.2, 0.25) is 0 Å². The van der Waals surface area contributed by atoms with Crippen LogP contribution in [0.15, 0.2) is 261 Å². The molecular weight excluding hydrogens is 863 g/mol. The molecule has 0 spiro atoms. The Labute approximate surface area is 414 Å². The van der Waals surface area contributed by atoms with Crippen molar-refractivity contribution in [2.24, 2.45) is 0 Å². The maximum Gasteiger partial charge on any atom is 0.160 e. The topological polar surface area (TPSA) is 37.2 Å². The zero-order chi connectivity index (χ0) is 47.7. The summed E-state index contributed by atoms with van der Waals surface area (Å²) in [5.74, 6) is 0.714. The van der Waals surface area contributed by atoms with E-state index in [0.29, 0.717) is 5.82 Å². The lowest BCUT2D eigenvalue weighted by Gasteiger charge is -2.26. The Morgan fingerprint density at radius 3 is 1.17 bits per heavy atom. The van der Waals surface area contributed by atoms with Crippen LogP contribution in [0.4, 0.5) is 34.1 Å². The predicted molar refractivity (Wildman–Crippen MR) is 297 cm³/mol. The summed E-state index contributed by atoms with van der Waals surface area (Å²) in [6, 6.07) is 92.7. The van der Waals surface area contributed by atoms with Gasteiger partial charge in [0, 0.05) is 67.3 Å². The monoisotopic (exact) mass is 911 g/mol. The van der Waals surface area contributed by atoms with E-state index < -0.39 is 0 Å². The van der Waals surface area contributed by atoms with Crippen LogP contribution in [-0.4, -0.2) is 14.5 Å². The number of aromatic nitrogens is 3. The largest absolute Gasteiger partial charge is 0.310 e. The Kier molecular flexibility index (Phi) is 11.3. The molecule has 0 unspecified atom stereocenters. The SMILES string of the molecule is Cc1cc(-c2cc(-c3ccccc3)nc(-c3ccccc3)n2)c(C)cc1-c1ccc(-n2c3ccc(N(c4ccccc4)c4ccccc4)cc3c3cc(N(c4ccccc4)c4ccccc4)ccc32)cc1. The van der Waals surface area contributed by atoms with Crippen molar-refractivity contribution in [1.29, 1.82) is 0 Å². The van der Waals surface area contributed by atoms with Gasteiger partial charge in [0.2, 0.25) is 0 Å². The minimum absolute atomic E-state index is 0.714. The number of anilines is 6. The average molecular weight is 912 g/mol. The highest BCUT2D eigenvalue weighted by Gasteiger charge is 2.21. The molecule has 12 rings (SSSR count). The molecule has 5 heteroatoms. The highest BCUT2D eigenvalue weighted by Crippen LogP contribution is 2.43. The number of benzene rings is 10. The van der Waals surface area contributed by atoms with Gasteiger partial charge < -0.3 is 14.4 Å². The Morgan fingerprint density at radius 2 is 0.704 bits per heavy atom. The molecule has 10 aromatic carbocycles. The second-order valence-electron chi connectivity index (χ2n) is 18.0. The van der Waals surface area contributed by atoms with Crippen molar-refractivity contribution in [3.05, 3.63) is 272 Å². The van der Waals surface area contributed by atoms with Crippen LogP contribution in [0.25, 0.3) is 72.5 Å². The summed E-state index contributed by atoms with van der Waals surface area (Å²) in [7, 11) is 0. The first-order valence-electron chi connectivity index (χ1n) is 24.2. The molecule has 0 saturated heterocycles. The fourth-order valence-corrected chi connectivity index (χ4v) is 10.0. The Morgan fingerprint density at radius 1 is 0.310 bits per heavy atom. The van der Waals surface area contributed by atoms with Crippen LogP contribution in [0.5, 0.6) is 0 Å². The van der Waals surface area contributed by atoms with E-state index in [-0.39, 0.29) is 0 Å². The smallest absolute Gasteiger partial charge is 0.160 e. The Hall–Kier alpha value is -9.32. The number of aryl methyl sites for hydroxylation is 2. The standard InChI is InChI=1S/C66H49N5/c1-46-42-59(63-45-62(49-21-9-3-10-22-49)67-66(68-63)50-23-11-4-12-24-50)47(2)41-58(46)48-33-35-55(36-34-48)71-64-39-37-56(69(51-25-13-5-14-26-51)52-27-15-6-16-28-52)43-60(64)61-44-57(38-40-65(61)71)70(53-29-17-7-18-30-53)54-31-19-8-20-32-54/h3-45H,1-2H3. The first kappa shape index (κ1) is 43.0. The molecule has 0 aliphatic heterocycles. The molecule has 2 heterocycles. The molecule has 5 nitrogen and oxygen atoms in total. The Balaban J connectivity index is 0.976. The third-order valence-electron chi connectivity index (χ3n) is 13.4. The van der Waals surface area contributed by atoms with Crippen LogP contribution in [0.1, 0.15) is 11.1 Å². The van der Waals surface area contributed by atoms with Crippen LogP contribution < -0.4 is 9.80 Å². The van der Waals surface area contributed by atoms with Crippen molar-refractivity contribution in [2.75, 3.05) is 9.80 Å². The van der Waals surface area contributed by atoms with Gasteiger partial charge in [-0.2, -0.15) is 0 Å². The number of hydrogen-bond acceptors (Lipinski definition) is 4. The average Bonchev–Trinajstić information content (AvgIpc) is 3.76. The van der Waals surface area contributed by atoms with E-state index >= 15 is 0 Å².